The number of hydrogen-bond acceptors (Lipinski definition) is 5. The summed E-state index contributed by atoms with van der Waals surface area (Å²) in [6.45, 7) is 2.68. The van der Waals surface area contributed by atoms with Gasteiger partial charge in [0.1, 0.15) is 11.9 Å². The maximum Gasteiger partial charge on any atom is 0.247 e. The Kier molecular flexibility index (Phi) is 7.11. The number of hydrogen-bond donors (Lipinski definition) is 2. The van der Waals surface area contributed by atoms with Crippen LogP contribution < -0.4 is 10.6 Å². The van der Waals surface area contributed by atoms with Gasteiger partial charge in [-0.3, -0.25) is 9.48 Å². The Morgan fingerprint density at radius 3 is 2.41 bits per heavy atom. The summed E-state index contributed by atoms with van der Waals surface area (Å²) in [5.41, 5.74) is 5.63. The molecule has 7 nitrogen and oxygen atoms in total. The van der Waals surface area contributed by atoms with Crippen LogP contribution in [0, 0.1) is 18.3 Å². The normalized spacial score (nSPS) is 11.6. The van der Waals surface area contributed by atoms with Crippen LogP contribution in [-0.4, -0.2) is 27.2 Å². The lowest BCUT2D eigenvalue weighted by atomic mass is 10.0. The molecule has 0 saturated heterocycles. The first-order valence-electron chi connectivity index (χ1n) is 11.1. The predicted molar refractivity (Wildman–Crippen MR) is 132 cm³/mol. The second kappa shape index (κ2) is 10.6. The average Bonchev–Trinajstić information content (AvgIpc) is 3.30. The smallest absolute Gasteiger partial charge is 0.247 e. The summed E-state index contributed by atoms with van der Waals surface area (Å²) in [4.78, 5) is 17.6. The number of nitriles is 1. The molecule has 0 aliphatic heterocycles. The van der Waals surface area contributed by atoms with Crippen molar-refractivity contribution in [3.05, 3.63) is 102 Å². The predicted octanol–water partition coefficient (Wildman–Crippen LogP) is 4.17. The molecule has 0 unspecified atom stereocenters. The highest BCUT2D eigenvalue weighted by Crippen LogP contribution is 2.20. The molecule has 2 aromatic carbocycles. The Balaban J connectivity index is 1.47. The van der Waals surface area contributed by atoms with Crippen LogP contribution in [0.1, 0.15) is 28.3 Å². The SMILES string of the molecule is Cc1ccc(CCN[C@@H](C(=O)Nc2ccc(-c3cnn(C)c3)cn2)c2ccc(C#N)cc2)cc1. The van der Waals surface area contributed by atoms with Gasteiger partial charge in [-0.25, -0.2) is 4.98 Å². The molecule has 2 N–H and O–H groups in total. The Labute approximate surface area is 199 Å². The number of carbonyl (C=O) groups is 1. The number of benzene rings is 2. The summed E-state index contributed by atoms with van der Waals surface area (Å²) in [6, 6.07) is 20.6. The summed E-state index contributed by atoms with van der Waals surface area (Å²) in [6.07, 6.45) is 6.19. The van der Waals surface area contributed by atoms with Gasteiger partial charge < -0.3 is 10.6 Å². The molecule has 0 spiro atoms. The van der Waals surface area contributed by atoms with Crippen LogP contribution in [0.4, 0.5) is 5.82 Å². The lowest BCUT2D eigenvalue weighted by Crippen LogP contribution is -2.34. The van der Waals surface area contributed by atoms with E-state index in [-0.39, 0.29) is 5.91 Å². The number of nitrogens with zero attached hydrogens (tertiary/aromatic N) is 4. The van der Waals surface area contributed by atoms with Crippen molar-refractivity contribution in [2.24, 2.45) is 7.05 Å². The summed E-state index contributed by atoms with van der Waals surface area (Å²) in [7, 11) is 1.86. The summed E-state index contributed by atoms with van der Waals surface area (Å²) >= 11 is 0. The fraction of sp³-hybridized carbons (Fsp3) is 0.185. The molecule has 4 aromatic rings. The molecule has 2 heterocycles. The molecule has 0 aliphatic rings. The van der Waals surface area contributed by atoms with E-state index in [0.29, 0.717) is 17.9 Å². The molecule has 7 heteroatoms. The number of amides is 1. The largest absolute Gasteiger partial charge is 0.309 e. The lowest BCUT2D eigenvalue weighted by Gasteiger charge is -2.19. The highest BCUT2D eigenvalue weighted by molar-refractivity contribution is 5.95. The third-order valence-electron chi connectivity index (χ3n) is 5.57. The summed E-state index contributed by atoms with van der Waals surface area (Å²) in [5, 5.41) is 19.6. The van der Waals surface area contributed by atoms with Crippen molar-refractivity contribution in [3.63, 3.8) is 0 Å². The zero-order valence-corrected chi connectivity index (χ0v) is 19.2. The van der Waals surface area contributed by atoms with Gasteiger partial charge in [-0.1, -0.05) is 42.0 Å². The molecule has 170 valence electrons. The summed E-state index contributed by atoms with van der Waals surface area (Å²) < 4.78 is 1.73. The second-order valence-corrected chi connectivity index (χ2v) is 8.18. The highest BCUT2D eigenvalue weighted by atomic mass is 16.2. The number of nitrogens with one attached hydrogen (secondary N) is 2. The number of aromatic nitrogens is 3. The van der Waals surface area contributed by atoms with E-state index in [9.17, 15) is 4.79 Å². The van der Waals surface area contributed by atoms with Crippen LogP contribution in [0.15, 0.2) is 79.3 Å². The first-order chi connectivity index (χ1) is 16.5. The van der Waals surface area contributed by atoms with E-state index in [1.807, 2.05) is 19.3 Å². The third kappa shape index (κ3) is 5.74. The highest BCUT2D eigenvalue weighted by Gasteiger charge is 2.21. The molecular weight excluding hydrogens is 424 g/mol. The Morgan fingerprint density at radius 2 is 1.79 bits per heavy atom. The Morgan fingerprint density at radius 1 is 1.03 bits per heavy atom. The van der Waals surface area contributed by atoms with Crippen LogP contribution in [-0.2, 0) is 18.3 Å². The molecule has 4 rings (SSSR count). The molecule has 0 fully saturated rings. The van der Waals surface area contributed by atoms with Crippen LogP contribution >= 0.6 is 0 Å². The summed E-state index contributed by atoms with van der Waals surface area (Å²) in [5.74, 6) is 0.256. The zero-order chi connectivity index (χ0) is 23.9. The minimum atomic E-state index is -0.585. The standard InChI is InChI=1S/C27H26N6O/c1-19-3-5-20(6-4-19)13-14-29-26(22-9-7-21(15-28)8-10-22)27(34)32-25-12-11-23(16-30-25)24-17-31-33(2)18-24/h3-12,16-18,26,29H,13-14H2,1-2H3,(H,30,32,34)/t26-/m1/s1. The van der Waals surface area contributed by atoms with Gasteiger partial charge in [-0.05, 0) is 48.7 Å². The van der Waals surface area contributed by atoms with Crippen LogP contribution in [0.5, 0.6) is 0 Å². The van der Waals surface area contributed by atoms with Gasteiger partial charge in [-0.2, -0.15) is 10.4 Å². The van der Waals surface area contributed by atoms with Crippen molar-refractivity contribution >= 4 is 11.7 Å². The molecule has 1 amide bonds. The first-order valence-corrected chi connectivity index (χ1v) is 11.1. The molecule has 34 heavy (non-hydrogen) atoms. The Bertz CT molecular complexity index is 1280. The maximum absolute atomic E-state index is 13.2. The van der Waals surface area contributed by atoms with E-state index in [2.05, 4.69) is 58.0 Å². The van der Waals surface area contributed by atoms with Crippen molar-refractivity contribution in [1.82, 2.24) is 20.1 Å². The van der Waals surface area contributed by atoms with Crippen molar-refractivity contribution in [1.29, 1.82) is 5.26 Å². The third-order valence-corrected chi connectivity index (χ3v) is 5.57. The quantitative estimate of drug-likeness (QED) is 0.420. The van der Waals surface area contributed by atoms with Crippen molar-refractivity contribution in [3.8, 4) is 17.2 Å². The average molecular weight is 451 g/mol. The van der Waals surface area contributed by atoms with Crippen molar-refractivity contribution in [2.45, 2.75) is 19.4 Å². The molecular formula is C27H26N6O. The lowest BCUT2D eigenvalue weighted by molar-refractivity contribution is -0.118. The van der Waals surface area contributed by atoms with Gasteiger partial charge in [0.25, 0.3) is 0 Å². The molecule has 0 bridgehead atoms. The van der Waals surface area contributed by atoms with Crippen molar-refractivity contribution in [2.75, 3.05) is 11.9 Å². The fourth-order valence-electron chi connectivity index (χ4n) is 3.63. The number of rotatable bonds is 8. The van der Waals surface area contributed by atoms with E-state index < -0.39 is 6.04 Å². The van der Waals surface area contributed by atoms with Gasteiger partial charge in [0.2, 0.25) is 5.91 Å². The van der Waals surface area contributed by atoms with E-state index in [1.165, 1.54) is 11.1 Å². The van der Waals surface area contributed by atoms with Crippen molar-refractivity contribution < 1.29 is 4.79 Å². The minimum Gasteiger partial charge on any atom is -0.309 e. The molecule has 0 saturated carbocycles. The maximum atomic E-state index is 13.2. The van der Waals surface area contributed by atoms with Gasteiger partial charge in [0.15, 0.2) is 0 Å². The molecule has 0 radical (unpaired) electrons. The first kappa shape index (κ1) is 22.9. The van der Waals surface area contributed by atoms with Gasteiger partial charge in [0.05, 0.1) is 17.8 Å². The topological polar surface area (TPSA) is 95.6 Å². The van der Waals surface area contributed by atoms with E-state index in [1.54, 1.807) is 47.4 Å². The Hall–Kier alpha value is -4.28. The minimum absolute atomic E-state index is 0.213. The number of aryl methyl sites for hydroxylation is 2. The zero-order valence-electron chi connectivity index (χ0n) is 19.2. The van der Waals surface area contributed by atoms with Gasteiger partial charge in [0, 0.05) is 37.1 Å². The van der Waals surface area contributed by atoms with E-state index in [4.69, 9.17) is 5.26 Å². The monoisotopic (exact) mass is 450 g/mol. The molecule has 1 atom stereocenters. The van der Waals surface area contributed by atoms with Crippen LogP contribution in [0.3, 0.4) is 0 Å². The number of anilines is 1. The van der Waals surface area contributed by atoms with Gasteiger partial charge in [-0.15, -0.1) is 0 Å². The fourth-order valence-corrected chi connectivity index (χ4v) is 3.63. The molecule has 2 aromatic heterocycles. The van der Waals surface area contributed by atoms with E-state index >= 15 is 0 Å². The van der Waals surface area contributed by atoms with Crippen LogP contribution in [0.2, 0.25) is 0 Å². The number of pyridine rings is 1. The molecule has 0 aliphatic carbocycles. The van der Waals surface area contributed by atoms with Gasteiger partial charge >= 0.3 is 0 Å². The second-order valence-electron chi connectivity index (χ2n) is 8.18. The van der Waals surface area contributed by atoms with Crippen LogP contribution in [0.25, 0.3) is 11.1 Å². The van der Waals surface area contributed by atoms with E-state index in [0.717, 1.165) is 23.1 Å². The number of carbonyl (C=O) groups excluding carboxylic acids is 1.